The highest BCUT2D eigenvalue weighted by atomic mass is 16.5. The van der Waals surface area contributed by atoms with Gasteiger partial charge in [0.2, 0.25) is 0 Å². The molecule has 3 aromatic rings. The van der Waals surface area contributed by atoms with Gasteiger partial charge in [-0.3, -0.25) is 9.59 Å². The van der Waals surface area contributed by atoms with Crippen LogP contribution >= 0.6 is 0 Å². The molecule has 200 valence electrons. The van der Waals surface area contributed by atoms with Crippen molar-refractivity contribution in [3.05, 3.63) is 100 Å². The molecule has 0 saturated heterocycles. The maximum Gasteiger partial charge on any atom is 0.338 e. The van der Waals surface area contributed by atoms with E-state index in [-0.39, 0.29) is 24.3 Å². The van der Waals surface area contributed by atoms with Gasteiger partial charge in [0.1, 0.15) is 13.2 Å². The Morgan fingerprint density at radius 1 is 1.15 bits per heavy atom. The molecule has 5 N–H and O–H groups in total. The molecule has 0 radical (unpaired) electrons. The molecule has 1 aliphatic rings. The number of ether oxygens (including phenoxy) is 1. The van der Waals surface area contributed by atoms with Gasteiger partial charge in [-0.05, 0) is 53.9 Å². The van der Waals surface area contributed by atoms with Gasteiger partial charge in [0.15, 0.2) is 0 Å². The third-order valence-corrected chi connectivity index (χ3v) is 6.28. The molecule has 1 unspecified atom stereocenters. The van der Waals surface area contributed by atoms with Crippen LogP contribution in [0.2, 0.25) is 0 Å². The van der Waals surface area contributed by atoms with Crippen molar-refractivity contribution in [2.45, 2.75) is 26.1 Å². The Morgan fingerprint density at radius 3 is 2.64 bits per heavy atom. The number of anilines is 1. The zero-order chi connectivity index (χ0) is 27.9. The van der Waals surface area contributed by atoms with Gasteiger partial charge in [-0.1, -0.05) is 36.4 Å². The van der Waals surface area contributed by atoms with Gasteiger partial charge in [0.25, 0.3) is 5.91 Å². The van der Waals surface area contributed by atoms with Crippen molar-refractivity contribution < 1.29 is 29.0 Å². The van der Waals surface area contributed by atoms with E-state index in [1.165, 1.54) is 29.3 Å². The number of carbonyl (C=O) groups is 4. The minimum Gasteiger partial charge on any atom is -0.480 e. The second-order valence-electron chi connectivity index (χ2n) is 8.87. The molecular formula is C28H27N5O6. The number of aliphatic carboxylic acids is 1. The van der Waals surface area contributed by atoms with E-state index in [4.69, 9.17) is 10.6 Å². The van der Waals surface area contributed by atoms with Crippen molar-refractivity contribution in [1.29, 1.82) is 0 Å². The number of nitrogens with two attached hydrogens (primary N) is 1. The number of carbonyl (C=O) groups excluding carboxylic acids is 3. The number of amides is 3. The molecule has 0 aliphatic carbocycles. The van der Waals surface area contributed by atoms with Gasteiger partial charge in [-0.25, -0.2) is 9.59 Å². The number of esters is 1. The highest BCUT2D eigenvalue weighted by molar-refractivity contribution is 6.10. The summed E-state index contributed by atoms with van der Waals surface area (Å²) in [7, 11) is 0. The summed E-state index contributed by atoms with van der Waals surface area (Å²) >= 11 is 0. The zero-order valence-corrected chi connectivity index (χ0v) is 21.1. The number of fused-ring (bicyclic) bond motifs is 1. The molecule has 3 aromatic carbocycles. The molecule has 0 fully saturated rings. The molecule has 1 atom stereocenters. The van der Waals surface area contributed by atoms with E-state index in [9.17, 15) is 24.3 Å². The number of rotatable bonds is 8. The lowest BCUT2D eigenvalue weighted by Gasteiger charge is -2.26. The predicted octanol–water partition coefficient (Wildman–Crippen LogP) is 3.26. The maximum absolute atomic E-state index is 13.2. The number of hydrogen-bond donors (Lipinski definition) is 4. The molecule has 1 heterocycles. The van der Waals surface area contributed by atoms with E-state index < -0.39 is 36.5 Å². The summed E-state index contributed by atoms with van der Waals surface area (Å²) in [5, 5.41) is 18.2. The maximum atomic E-state index is 13.2. The van der Waals surface area contributed by atoms with Crippen molar-refractivity contribution in [2.75, 3.05) is 11.9 Å². The Balaban J connectivity index is 1.53. The number of nitrogens with zero attached hydrogens (tertiary/aromatic N) is 2. The molecule has 11 nitrogen and oxygen atoms in total. The van der Waals surface area contributed by atoms with E-state index in [0.717, 1.165) is 11.1 Å². The van der Waals surface area contributed by atoms with Crippen LogP contribution in [-0.2, 0) is 22.7 Å². The smallest absolute Gasteiger partial charge is 0.338 e. The van der Waals surface area contributed by atoms with Crippen LogP contribution in [0.15, 0.2) is 71.8 Å². The summed E-state index contributed by atoms with van der Waals surface area (Å²) < 4.78 is 5.37. The van der Waals surface area contributed by atoms with Crippen LogP contribution in [0.1, 0.15) is 55.9 Å². The monoisotopic (exact) mass is 529 g/mol. The number of urea groups is 1. The second kappa shape index (κ2) is 11.9. The first-order valence-electron chi connectivity index (χ1n) is 12.1. The van der Waals surface area contributed by atoms with Gasteiger partial charge >= 0.3 is 18.0 Å². The Bertz CT molecular complexity index is 1440. The van der Waals surface area contributed by atoms with Gasteiger partial charge in [0.05, 0.1) is 17.8 Å². The van der Waals surface area contributed by atoms with Crippen molar-refractivity contribution >= 4 is 35.8 Å². The summed E-state index contributed by atoms with van der Waals surface area (Å²) in [6, 6.07) is 17.8. The normalized spacial score (nSPS) is 14.7. The minimum atomic E-state index is -1.13. The number of hydrazone groups is 1. The van der Waals surface area contributed by atoms with Crippen LogP contribution in [0.3, 0.4) is 0 Å². The number of hydrogen-bond acceptors (Lipinski definition) is 7. The lowest BCUT2D eigenvalue weighted by molar-refractivity contribution is -0.138. The highest BCUT2D eigenvalue weighted by Crippen LogP contribution is 2.29. The first kappa shape index (κ1) is 26.9. The van der Waals surface area contributed by atoms with Crippen LogP contribution in [0.25, 0.3) is 0 Å². The van der Waals surface area contributed by atoms with Crippen LogP contribution in [0.5, 0.6) is 0 Å². The number of carboxylic acids is 1. The first-order valence-corrected chi connectivity index (χ1v) is 12.1. The topological polar surface area (TPSA) is 163 Å². The van der Waals surface area contributed by atoms with E-state index in [0.29, 0.717) is 16.8 Å². The number of nitrogens with one attached hydrogen (secondary N) is 2. The number of carboxylic acid groups (broad SMARTS) is 1. The molecule has 0 bridgehead atoms. The fraction of sp³-hybridized carbons (Fsp3) is 0.179. The van der Waals surface area contributed by atoms with Gasteiger partial charge < -0.3 is 31.2 Å². The lowest BCUT2D eigenvalue weighted by atomic mass is 9.99. The zero-order valence-electron chi connectivity index (χ0n) is 21.1. The Morgan fingerprint density at radius 2 is 1.92 bits per heavy atom. The fourth-order valence-electron chi connectivity index (χ4n) is 4.28. The minimum absolute atomic E-state index is 0.101. The van der Waals surface area contributed by atoms with Crippen molar-refractivity contribution in [1.82, 2.24) is 10.2 Å². The molecule has 0 spiro atoms. The Kier molecular flexibility index (Phi) is 8.20. The van der Waals surface area contributed by atoms with Crippen LogP contribution in [-0.4, -0.2) is 46.6 Å². The molecule has 1 aliphatic heterocycles. The van der Waals surface area contributed by atoms with Crippen molar-refractivity contribution in [3.63, 3.8) is 0 Å². The SMILES string of the molecule is CC1c2cc(NC(=O)c3ccc(C(=O)OCc4ccccc4)cc3C=NN)ccc2CNC(=O)N1CC(=O)O. The third-order valence-electron chi connectivity index (χ3n) is 6.28. The number of benzene rings is 3. The van der Waals surface area contributed by atoms with Gasteiger partial charge in [0, 0.05) is 23.4 Å². The molecule has 0 aromatic heterocycles. The molecule has 3 amide bonds. The summed E-state index contributed by atoms with van der Waals surface area (Å²) in [4.78, 5) is 50.7. The first-order chi connectivity index (χ1) is 18.8. The van der Waals surface area contributed by atoms with Crippen LogP contribution < -0.4 is 16.5 Å². The second-order valence-corrected chi connectivity index (χ2v) is 8.87. The summed E-state index contributed by atoms with van der Waals surface area (Å²) in [5.41, 5.74) is 3.55. The standard InChI is InChI=1S/C28H27N5O6/c1-17-24-12-22(9-7-20(24)13-30-28(38)33(17)15-25(34)35)32-26(36)23-10-8-19(11-21(23)14-31-29)27(37)39-16-18-5-3-2-4-6-18/h2-12,14,17H,13,15-16,29H2,1H3,(H,30,38)(H,32,36)(H,34,35). The molecule has 0 saturated carbocycles. The lowest BCUT2D eigenvalue weighted by Crippen LogP contribution is -2.41. The average molecular weight is 530 g/mol. The average Bonchev–Trinajstić information content (AvgIpc) is 3.04. The highest BCUT2D eigenvalue weighted by Gasteiger charge is 2.29. The van der Waals surface area contributed by atoms with E-state index in [1.54, 1.807) is 25.1 Å². The van der Waals surface area contributed by atoms with Crippen LogP contribution in [0.4, 0.5) is 10.5 Å². The largest absolute Gasteiger partial charge is 0.480 e. The van der Waals surface area contributed by atoms with Gasteiger partial charge in [-0.15, -0.1) is 0 Å². The van der Waals surface area contributed by atoms with Crippen molar-refractivity contribution in [2.24, 2.45) is 10.9 Å². The van der Waals surface area contributed by atoms with E-state index >= 15 is 0 Å². The Hall–Kier alpha value is -5.19. The van der Waals surface area contributed by atoms with Crippen molar-refractivity contribution in [3.8, 4) is 0 Å². The summed E-state index contributed by atoms with van der Waals surface area (Å²) in [5.74, 6) is 3.17. The molecular weight excluding hydrogens is 502 g/mol. The Labute approximate surface area is 224 Å². The third kappa shape index (κ3) is 6.39. The van der Waals surface area contributed by atoms with E-state index in [2.05, 4.69) is 15.7 Å². The predicted molar refractivity (Wildman–Crippen MR) is 143 cm³/mol. The van der Waals surface area contributed by atoms with Gasteiger partial charge in [-0.2, -0.15) is 5.10 Å². The quantitative estimate of drug-likeness (QED) is 0.151. The molecule has 4 rings (SSSR count). The summed E-state index contributed by atoms with van der Waals surface area (Å²) in [6.07, 6.45) is 1.27. The van der Waals surface area contributed by atoms with E-state index in [1.807, 2.05) is 30.3 Å². The van der Waals surface area contributed by atoms with Crippen LogP contribution in [0, 0.1) is 0 Å². The fourth-order valence-corrected chi connectivity index (χ4v) is 4.28. The molecule has 11 heteroatoms. The molecule has 39 heavy (non-hydrogen) atoms. The summed E-state index contributed by atoms with van der Waals surface area (Å²) in [6.45, 7) is 1.58.